The van der Waals surface area contributed by atoms with Gasteiger partial charge in [-0.05, 0) is 13.8 Å². The van der Waals surface area contributed by atoms with Gasteiger partial charge in [-0.15, -0.1) is 0 Å². The van der Waals surface area contributed by atoms with Crippen molar-refractivity contribution in [2.75, 3.05) is 28.2 Å². The molecule has 0 rings (SSSR count). The smallest absolute Gasteiger partial charge is 0.227 e. The third-order valence-corrected chi connectivity index (χ3v) is 2.33. The minimum absolute atomic E-state index is 0.306. The van der Waals surface area contributed by atoms with Crippen LogP contribution in [0.4, 0.5) is 0 Å². The quantitative estimate of drug-likeness (QED) is 0.414. The normalized spacial score (nSPS) is 13.8. The topological polar surface area (TPSA) is 156 Å². The van der Waals surface area contributed by atoms with Crippen LogP contribution < -0.4 is 11.5 Å². The Kier molecular flexibility index (Phi) is 8.16. The lowest BCUT2D eigenvalue weighted by atomic mass is 10.2. The molecule has 10 nitrogen and oxygen atoms in total. The summed E-state index contributed by atoms with van der Waals surface area (Å²) in [4.78, 5) is 19.7. The second-order valence-corrected chi connectivity index (χ2v) is 5.25. The van der Waals surface area contributed by atoms with E-state index in [1.54, 1.807) is 38.0 Å². The van der Waals surface area contributed by atoms with Gasteiger partial charge in [0.1, 0.15) is 0 Å². The summed E-state index contributed by atoms with van der Waals surface area (Å²) in [6, 6.07) is 0. The molecular weight excluding hydrogens is 296 g/mol. The van der Waals surface area contributed by atoms with Crippen molar-refractivity contribution in [3.8, 4) is 0 Å². The van der Waals surface area contributed by atoms with Crippen LogP contribution in [0.5, 0.6) is 0 Å². The molecule has 0 spiro atoms. The third-order valence-electron chi connectivity index (χ3n) is 2.33. The number of hydrogen-bond donors (Lipinski definition) is 4. The molecule has 0 aromatic rings. The van der Waals surface area contributed by atoms with E-state index in [2.05, 4.69) is 20.0 Å². The van der Waals surface area contributed by atoms with E-state index >= 15 is 0 Å². The highest BCUT2D eigenvalue weighted by atomic mass is 15.3. The Labute approximate surface area is 136 Å². The van der Waals surface area contributed by atoms with Gasteiger partial charge in [-0.1, -0.05) is 0 Å². The van der Waals surface area contributed by atoms with E-state index in [4.69, 9.17) is 22.3 Å². The van der Waals surface area contributed by atoms with Crippen molar-refractivity contribution in [3.05, 3.63) is 0 Å². The molecule has 0 heterocycles. The molecule has 128 valence electrons. The number of guanidine groups is 4. The number of nitrogens with two attached hydrogens (primary N) is 2. The fourth-order valence-corrected chi connectivity index (χ4v) is 1.46. The zero-order valence-corrected chi connectivity index (χ0v) is 14.5. The first-order valence-electron chi connectivity index (χ1n) is 6.81. The molecule has 6 N–H and O–H groups in total. The monoisotopic (exact) mass is 322 g/mol. The number of nitrogens with zero attached hydrogens (tertiary/aromatic N) is 6. The largest absolute Gasteiger partial charge is 0.368 e. The van der Waals surface area contributed by atoms with E-state index in [0.717, 1.165) is 11.4 Å². The molecule has 23 heavy (non-hydrogen) atoms. The molecule has 0 aliphatic rings. The summed E-state index contributed by atoms with van der Waals surface area (Å²) in [6.07, 6.45) is 0.482. The van der Waals surface area contributed by atoms with Crippen LogP contribution in [0.1, 0.15) is 20.3 Å². The van der Waals surface area contributed by atoms with Crippen molar-refractivity contribution in [3.63, 3.8) is 0 Å². The summed E-state index contributed by atoms with van der Waals surface area (Å²) in [5, 5.41) is 14.5. The average Bonchev–Trinajstić information content (AvgIpc) is 2.35. The van der Waals surface area contributed by atoms with Gasteiger partial charge in [0.15, 0.2) is 0 Å². The Hall–Kier alpha value is -2.78. The van der Waals surface area contributed by atoms with E-state index < -0.39 is 0 Å². The second kappa shape index (κ2) is 9.28. The van der Waals surface area contributed by atoms with Crippen molar-refractivity contribution in [2.24, 2.45) is 31.4 Å². The highest BCUT2D eigenvalue weighted by Crippen LogP contribution is 1.98. The first-order chi connectivity index (χ1) is 10.5. The zero-order valence-electron chi connectivity index (χ0n) is 14.5. The molecule has 0 saturated heterocycles. The van der Waals surface area contributed by atoms with Crippen LogP contribution in [-0.2, 0) is 0 Å². The lowest BCUT2D eigenvalue weighted by Gasteiger charge is -2.13. The third kappa shape index (κ3) is 8.96. The Morgan fingerprint density at radius 1 is 0.739 bits per heavy atom. The minimum Gasteiger partial charge on any atom is -0.368 e. The predicted octanol–water partition coefficient (Wildman–Crippen LogP) is -0.0796. The molecular formula is C13H26N10. The lowest BCUT2D eigenvalue weighted by Crippen LogP contribution is -2.25. The molecule has 10 heteroatoms. The number of aliphatic imine (C=N–C) groups is 4. The molecule has 0 atom stereocenters. The van der Waals surface area contributed by atoms with E-state index in [1.807, 2.05) is 13.8 Å². The average molecular weight is 322 g/mol. The molecule has 0 fully saturated rings. The van der Waals surface area contributed by atoms with Gasteiger partial charge in [0.25, 0.3) is 0 Å². The van der Waals surface area contributed by atoms with Gasteiger partial charge in [0, 0.05) is 46.0 Å². The number of rotatable bonds is 2. The van der Waals surface area contributed by atoms with Crippen LogP contribution in [0.15, 0.2) is 20.0 Å². The fraction of sp³-hybridized carbons (Fsp3) is 0.538. The van der Waals surface area contributed by atoms with Gasteiger partial charge in [-0.2, -0.15) is 9.98 Å². The minimum atomic E-state index is -0.306. The van der Waals surface area contributed by atoms with E-state index in [-0.39, 0.29) is 11.9 Å². The van der Waals surface area contributed by atoms with Crippen molar-refractivity contribution in [1.82, 2.24) is 9.80 Å². The van der Waals surface area contributed by atoms with Gasteiger partial charge in [-0.25, -0.2) is 9.98 Å². The van der Waals surface area contributed by atoms with Gasteiger partial charge in [0.2, 0.25) is 23.8 Å². The molecule has 0 saturated carbocycles. The summed E-state index contributed by atoms with van der Waals surface area (Å²) >= 11 is 0. The van der Waals surface area contributed by atoms with Crippen LogP contribution >= 0.6 is 0 Å². The second-order valence-electron chi connectivity index (χ2n) is 5.25. The molecule has 0 aliphatic carbocycles. The van der Waals surface area contributed by atoms with Gasteiger partial charge < -0.3 is 21.3 Å². The van der Waals surface area contributed by atoms with Crippen molar-refractivity contribution in [2.45, 2.75) is 20.3 Å². The molecule has 0 amide bonds. The van der Waals surface area contributed by atoms with Gasteiger partial charge in [0.05, 0.1) is 0 Å². The maximum absolute atomic E-state index is 7.23. The van der Waals surface area contributed by atoms with Crippen LogP contribution in [0.2, 0.25) is 0 Å². The first-order valence-corrected chi connectivity index (χ1v) is 6.81. The van der Waals surface area contributed by atoms with E-state index in [9.17, 15) is 0 Å². The standard InChI is InChI=1S/C13H26N10/c1-8(18-12(22(3)4)20-10(14)15)7-9(2)19-13(23(5)6)21-11(16)17/h7H2,1-6H3,(H3,14,15)(H3,16,17)/b18-8+,19-9+,20-12-,21-13-. The SMILES string of the molecule is C/C(C/C(C)=N/C(=N/C(=N)N)N(C)C)=N\C(=N\C(=N)N)N(C)C. The summed E-state index contributed by atoms with van der Waals surface area (Å²) in [5.41, 5.74) is 12.1. The first kappa shape index (κ1) is 20.2. The van der Waals surface area contributed by atoms with Crippen molar-refractivity contribution < 1.29 is 0 Å². The Bertz CT molecular complexity index is 515. The maximum Gasteiger partial charge on any atom is 0.227 e. The van der Waals surface area contributed by atoms with Gasteiger partial charge in [-0.3, -0.25) is 10.8 Å². The van der Waals surface area contributed by atoms with E-state index in [0.29, 0.717) is 18.3 Å². The summed E-state index contributed by atoms with van der Waals surface area (Å²) in [7, 11) is 7.07. The summed E-state index contributed by atoms with van der Waals surface area (Å²) in [5.74, 6) is 0.0688. The van der Waals surface area contributed by atoms with Crippen molar-refractivity contribution >= 4 is 35.3 Å². The Balaban J connectivity index is 5.30. The highest BCUT2D eigenvalue weighted by Gasteiger charge is 2.06. The number of hydrogen-bond acceptors (Lipinski definition) is 2. The van der Waals surface area contributed by atoms with Crippen LogP contribution in [0, 0.1) is 10.8 Å². The van der Waals surface area contributed by atoms with Crippen LogP contribution in [0.3, 0.4) is 0 Å². The van der Waals surface area contributed by atoms with Crippen LogP contribution in [-0.4, -0.2) is 73.3 Å². The molecule has 0 radical (unpaired) electrons. The highest BCUT2D eigenvalue weighted by molar-refractivity contribution is 6.10. The summed E-state index contributed by atoms with van der Waals surface area (Å²) in [6.45, 7) is 3.66. The molecule has 0 aromatic carbocycles. The fourth-order valence-electron chi connectivity index (χ4n) is 1.46. The van der Waals surface area contributed by atoms with Crippen LogP contribution in [0.25, 0.3) is 0 Å². The molecule has 0 aliphatic heterocycles. The van der Waals surface area contributed by atoms with Crippen molar-refractivity contribution in [1.29, 1.82) is 10.8 Å². The summed E-state index contributed by atoms with van der Waals surface area (Å²) < 4.78 is 0. The Morgan fingerprint density at radius 3 is 1.26 bits per heavy atom. The lowest BCUT2D eigenvalue weighted by molar-refractivity contribution is 0.615. The molecule has 0 bridgehead atoms. The van der Waals surface area contributed by atoms with Gasteiger partial charge >= 0.3 is 0 Å². The number of nitrogens with one attached hydrogen (secondary N) is 2. The van der Waals surface area contributed by atoms with E-state index in [1.165, 1.54) is 0 Å². The zero-order chi connectivity index (χ0) is 18.2. The maximum atomic E-state index is 7.23. The predicted molar refractivity (Wildman–Crippen MR) is 96.9 cm³/mol. The molecule has 0 aromatic heterocycles. The Morgan fingerprint density at radius 2 is 1.04 bits per heavy atom. The molecule has 0 unspecified atom stereocenters.